The summed E-state index contributed by atoms with van der Waals surface area (Å²) >= 11 is 3.33. The lowest BCUT2D eigenvalue weighted by Crippen LogP contribution is -2.49. The first-order valence-electron chi connectivity index (χ1n) is 7.94. The first-order valence-corrected chi connectivity index (χ1v) is 10.2. The van der Waals surface area contributed by atoms with Gasteiger partial charge < -0.3 is 10.0 Å². The molecule has 2 aromatic carbocycles. The molecular weight excluding hydrogens is 446 g/mol. The highest BCUT2D eigenvalue weighted by Crippen LogP contribution is 2.30. The fourth-order valence-corrected chi connectivity index (χ4v) is 5.08. The molecule has 10 heteroatoms. The summed E-state index contributed by atoms with van der Waals surface area (Å²) in [6.45, 7) is 0.674. The molecule has 6 nitrogen and oxygen atoms in total. The third kappa shape index (κ3) is 3.83. The number of carbonyl (C=O) groups is 1. The first-order chi connectivity index (χ1) is 12.7. The van der Waals surface area contributed by atoms with Gasteiger partial charge in [-0.15, -0.1) is 0 Å². The number of rotatable bonds is 4. The van der Waals surface area contributed by atoms with Gasteiger partial charge in [-0.3, -0.25) is 0 Å². The molecule has 0 bridgehead atoms. The molecule has 0 atom stereocenters. The van der Waals surface area contributed by atoms with Crippen molar-refractivity contribution < 1.29 is 27.1 Å². The predicted octanol–water partition coefficient (Wildman–Crippen LogP) is 2.94. The number of nitrogens with zero attached hydrogens (tertiary/aromatic N) is 2. The number of hydrogen-bond donors (Lipinski definition) is 1. The molecule has 0 amide bonds. The second kappa shape index (κ2) is 7.53. The van der Waals surface area contributed by atoms with Gasteiger partial charge in [0.05, 0.1) is 11.3 Å². The highest BCUT2D eigenvalue weighted by Gasteiger charge is 2.33. The Bertz CT molecular complexity index is 972. The number of hydrogen-bond acceptors (Lipinski definition) is 4. The van der Waals surface area contributed by atoms with E-state index in [0.717, 1.165) is 22.5 Å². The van der Waals surface area contributed by atoms with E-state index < -0.39 is 32.5 Å². The minimum absolute atomic E-state index is 0.0449. The summed E-state index contributed by atoms with van der Waals surface area (Å²) in [4.78, 5) is 11.9. The van der Waals surface area contributed by atoms with Crippen LogP contribution in [0.4, 0.5) is 14.5 Å². The molecule has 0 unspecified atom stereocenters. The molecule has 0 radical (unpaired) electrons. The van der Waals surface area contributed by atoms with Crippen LogP contribution in [0.25, 0.3) is 0 Å². The van der Waals surface area contributed by atoms with Gasteiger partial charge in [0.2, 0.25) is 10.0 Å². The van der Waals surface area contributed by atoms with Crippen molar-refractivity contribution in [2.45, 2.75) is 4.90 Å². The molecule has 0 aliphatic carbocycles. The summed E-state index contributed by atoms with van der Waals surface area (Å²) < 4.78 is 54.6. The van der Waals surface area contributed by atoms with Crippen LogP contribution in [0.5, 0.6) is 0 Å². The van der Waals surface area contributed by atoms with Crippen LogP contribution in [0, 0.1) is 11.6 Å². The Kier molecular flexibility index (Phi) is 5.50. The standard InChI is InChI=1S/C17H15BrF2N2O4S/c18-12-10-11(17(23)24)4-5-15(12)21-6-8-22(9-7-21)27(25,26)16-13(19)2-1-3-14(16)20/h1-5,10H,6-9H2,(H,23,24). The average Bonchev–Trinajstić information content (AvgIpc) is 2.61. The van der Waals surface area contributed by atoms with Crippen LogP contribution in [-0.2, 0) is 10.0 Å². The van der Waals surface area contributed by atoms with Crippen LogP contribution < -0.4 is 4.90 Å². The van der Waals surface area contributed by atoms with Crippen molar-refractivity contribution >= 4 is 37.6 Å². The number of anilines is 1. The van der Waals surface area contributed by atoms with E-state index in [9.17, 15) is 22.0 Å². The van der Waals surface area contributed by atoms with Crippen LogP contribution in [-0.4, -0.2) is 50.0 Å². The third-order valence-electron chi connectivity index (χ3n) is 4.29. The molecular formula is C17H15BrF2N2O4S. The van der Waals surface area contributed by atoms with Gasteiger partial charge in [0, 0.05) is 30.7 Å². The Balaban J connectivity index is 1.78. The van der Waals surface area contributed by atoms with Crippen molar-refractivity contribution in [3.63, 3.8) is 0 Å². The van der Waals surface area contributed by atoms with Crippen molar-refractivity contribution in [2.75, 3.05) is 31.1 Å². The van der Waals surface area contributed by atoms with E-state index in [1.807, 2.05) is 4.90 Å². The molecule has 27 heavy (non-hydrogen) atoms. The normalized spacial score (nSPS) is 15.7. The number of carboxylic acids is 1. The molecule has 1 heterocycles. The molecule has 1 N–H and O–H groups in total. The van der Waals surface area contributed by atoms with Crippen molar-refractivity contribution in [3.05, 3.63) is 58.1 Å². The lowest BCUT2D eigenvalue weighted by atomic mass is 10.2. The Morgan fingerprint density at radius 3 is 2.15 bits per heavy atom. The number of aromatic carboxylic acids is 1. The Morgan fingerprint density at radius 1 is 1.04 bits per heavy atom. The van der Waals surface area contributed by atoms with Gasteiger partial charge in [-0.2, -0.15) is 4.31 Å². The van der Waals surface area contributed by atoms with Crippen LogP contribution in [0.2, 0.25) is 0 Å². The van der Waals surface area contributed by atoms with Gasteiger partial charge >= 0.3 is 5.97 Å². The van der Waals surface area contributed by atoms with E-state index >= 15 is 0 Å². The zero-order valence-corrected chi connectivity index (χ0v) is 16.3. The number of piperazine rings is 1. The Labute approximate surface area is 163 Å². The van der Waals surface area contributed by atoms with Crippen molar-refractivity contribution in [3.8, 4) is 0 Å². The smallest absolute Gasteiger partial charge is 0.335 e. The SMILES string of the molecule is O=C(O)c1ccc(N2CCN(S(=O)(=O)c3c(F)cccc3F)CC2)c(Br)c1. The molecule has 3 rings (SSSR count). The molecule has 2 aromatic rings. The molecule has 144 valence electrons. The predicted molar refractivity (Wildman–Crippen MR) is 98.4 cm³/mol. The van der Waals surface area contributed by atoms with Crippen LogP contribution in [0.1, 0.15) is 10.4 Å². The summed E-state index contributed by atoms with van der Waals surface area (Å²) in [5, 5.41) is 9.02. The number of sulfonamides is 1. The Morgan fingerprint density at radius 2 is 1.63 bits per heavy atom. The fraction of sp³-hybridized carbons (Fsp3) is 0.235. The van der Waals surface area contributed by atoms with E-state index in [4.69, 9.17) is 5.11 Å². The van der Waals surface area contributed by atoms with Crippen molar-refractivity contribution in [2.24, 2.45) is 0 Å². The summed E-state index contributed by atoms with van der Waals surface area (Å²) in [6.07, 6.45) is 0. The summed E-state index contributed by atoms with van der Waals surface area (Å²) in [5.74, 6) is -3.29. The van der Waals surface area contributed by atoms with E-state index in [2.05, 4.69) is 15.9 Å². The van der Waals surface area contributed by atoms with Gasteiger partial charge in [0.15, 0.2) is 4.90 Å². The van der Waals surface area contributed by atoms with Gasteiger partial charge in [-0.1, -0.05) is 6.07 Å². The zero-order valence-electron chi connectivity index (χ0n) is 13.9. The molecule has 0 aromatic heterocycles. The highest BCUT2D eigenvalue weighted by atomic mass is 79.9. The van der Waals surface area contributed by atoms with Crippen LogP contribution in [0.15, 0.2) is 45.8 Å². The largest absolute Gasteiger partial charge is 0.478 e. The minimum atomic E-state index is -4.29. The first kappa shape index (κ1) is 19.7. The topological polar surface area (TPSA) is 77.9 Å². The van der Waals surface area contributed by atoms with E-state index in [0.29, 0.717) is 23.2 Å². The molecule has 1 saturated heterocycles. The van der Waals surface area contributed by atoms with Crippen LogP contribution in [0.3, 0.4) is 0 Å². The summed E-state index contributed by atoms with van der Waals surface area (Å²) in [7, 11) is -4.29. The van der Waals surface area contributed by atoms with E-state index in [-0.39, 0.29) is 18.7 Å². The maximum Gasteiger partial charge on any atom is 0.335 e. The second-order valence-electron chi connectivity index (χ2n) is 5.91. The van der Waals surface area contributed by atoms with Crippen molar-refractivity contribution in [1.82, 2.24) is 4.31 Å². The third-order valence-corrected chi connectivity index (χ3v) is 6.88. The maximum absolute atomic E-state index is 13.9. The highest BCUT2D eigenvalue weighted by molar-refractivity contribution is 9.10. The fourth-order valence-electron chi connectivity index (χ4n) is 2.92. The van der Waals surface area contributed by atoms with Crippen molar-refractivity contribution in [1.29, 1.82) is 0 Å². The summed E-state index contributed by atoms with van der Waals surface area (Å²) in [5.41, 5.74) is 0.844. The second-order valence-corrected chi connectivity index (χ2v) is 8.64. The summed E-state index contributed by atoms with van der Waals surface area (Å²) in [6, 6.07) is 7.49. The van der Waals surface area contributed by atoms with Crippen LogP contribution >= 0.6 is 15.9 Å². The number of carboxylic acid groups (broad SMARTS) is 1. The lowest BCUT2D eigenvalue weighted by molar-refractivity contribution is 0.0697. The Hall–Kier alpha value is -2.04. The monoisotopic (exact) mass is 460 g/mol. The van der Waals surface area contributed by atoms with E-state index in [1.165, 1.54) is 12.1 Å². The van der Waals surface area contributed by atoms with Gasteiger partial charge in [-0.25, -0.2) is 22.0 Å². The number of benzene rings is 2. The van der Waals surface area contributed by atoms with Gasteiger partial charge in [0.25, 0.3) is 0 Å². The molecule has 0 saturated carbocycles. The van der Waals surface area contributed by atoms with E-state index in [1.54, 1.807) is 6.07 Å². The van der Waals surface area contributed by atoms with Gasteiger partial charge in [0.1, 0.15) is 11.6 Å². The lowest BCUT2D eigenvalue weighted by Gasteiger charge is -2.36. The number of halogens is 3. The molecule has 0 spiro atoms. The maximum atomic E-state index is 13.9. The van der Waals surface area contributed by atoms with Gasteiger partial charge in [-0.05, 0) is 46.3 Å². The quantitative estimate of drug-likeness (QED) is 0.758. The zero-order chi connectivity index (χ0) is 19.8. The average molecular weight is 461 g/mol. The molecule has 1 fully saturated rings. The molecule has 1 aliphatic heterocycles. The minimum Gasteiger partial charge on any atom is -0.478 e. The molecule has 1 aliphatic rings.